The molecule has 19 heavy (non-hydrogen) atoms. The standard InChI is InChI=1S/C19H27/c1-13(2)16-10-8-14(3)12-19(16)18-11-9-15-6-4-5-7-17(15)18/h5,7,9,11,13-14,16,19H,4,6,8,10,12H2,1-3H3/q-1/t14-,16+,19-/m1/s1. The van der Waals surface area contributed by atoms with E-state index in [1.54, 1.807) is 16.7 Å². The molecule has 2 aliphatic rings. The third-order valence-electron chi connectivity index (χ3n) is 5.41. The maximum Gasteiger partial charge on any atom is -0.0409 e. The third kappa shape index (κ3) is 2.42. The van der Waals surface area contributed by atoms with Crippen LogP contribution in [0.3, 0.4) is 0 Å². The van der Waals surface area contributed by atoms with Crippen LogP contribution in [-0.2, 0) is 6.42 Å². The lowest BCUT2D eigenvalue weighted by molar-refractivity contribution is 0.197. The molecule has 0 saturated heterocycles. The van der Waals surface area contributed by atoms with Crippen molar-refractivity contribution >= 4 is 6.08 Å². The first kappa shape index (κ1) is 13.1. The molecule has 0 aliphatic heterocycles. The first-order valence-electron chi connectivity index (χ1n) is 8.11. The van der Waals surface area contributed by atoms with E-state index >= 15 is 0 Å². The van der Waals surface area contributed by atoms with Crippen molar-refractivity contribution in [1.29, 1.82) is 0 Å². The van der Waals surface area contributed by atoms with Gasteiger partial charge in [-0.2, -0.15) is 23.3 Å². The van der Waals surface area contributed by atoms with Gasteiger partial charge < -0.3 is 0 Å². The highest BCUT2D eigenvalue weighted by molar-refractivity contribution is 5.62. The molecule has 0 N–H and O–H groups in total. The lowest BCUT2D eigenvalue weighted by atomic mass is 9.67. The van der Waals surface area contributed by atoms with Crippen molar-refractivity contribution in [2.45, 2.75) is 58.8 Å². The number of fused-ring (bicyclic) bond motifs is 1. The quantitative estimate of drug-likeness (QED) is 0.609. The van der Waals surface area contributed by atoms with Crippen molar-refractivity contribution in [2.24, 2.45) is 17.8 Å². The van der Waals surface area contributed by atoms with Crippen molar-refractivity contribution in [3.05, 3.63) is 34.9 Å². The van der Waals surface area contributed by atoms with Crippen LogP contribution in [0.25, 0.3) is 6.08 Å². The van der Waals surface area contributed by atoms with Crippen molar-refractivity contribution in [1.82, 2.24) is 0 Å². The summed E-state index contributed by atoms with van der Waals surface area (Å²) in [4.78, 5) is 0. The van der Waals surface area contributed by atoms with E-state index in [2.05, 4.69) is 45.1 Å². The Morgan fingerprint density at radius 3 is 2.89 bits per heavy atom. The fourth-order valence-corrected chi connectivity index (χ4v) is 4.30. The predicted octanol–water partition coefficient (Wildman–Crippen LogP) is 5.54. The van der Waals surface area contributed by atoms with Crippen LogP contribution >= 0.6 is 0 Å². The van der Waals surface area contributed by atoms with Crippen molar-refractivity contribution in [3.63, 3.8) is 0 Å². The zero-order valence-electron chi connectivity index (χ0n) is 12.7. The lowest BCUT2D eigenvalue weighted by Gasteiger charge is -2.41. The Morgan fingerprint density at radius 1 is 1.26 bits per heavy atom. The fraction of sp³-hybridized carbons (Fsp3) is 0.632. The molecule has 0 nitrogen and oxygen atoms in total. The first-order chi connectivity index (χ1) is 9.16. The summed E-state index contributed by atoms with van der Waals surface area (Å²) >= 11 is 0. The van der Waals surface area contributed by atoms with Gasteiger partial charge in [0.2, 0.25) is 0 Å². The molecule has 0 heterocycles. The van der Waals surface area contributed by atoms with Gasteiger partial charge in [0.1, 0.15) is 0 Å². The second-order valence-electron chi connectivity index (χ2n) is 7.10. The van der Waals surface area contributed by atoms with E-state index in [1.165, 1.54) is 32.1 Å². The lowest BCUT2D eigenvalue weighted by Crippen LogP contribution is -2.26. The molecular weight excluding hydrogens is 228 g/mol. The fourth-order valence-electron chi connectivity index (χ4n) is 4.30. The van der Waals surface area contributed by atoms with Crippen LogP contribution in [0, 0.1) is 17.8 Å². The number of allylic oxidation sites excluding steroid dienone is 1. The van der Waals surface area contributed by atoms with Gasteiger partial charge in [-0.1, -0.05) is 52.4 Å². The molecule has 1 saturated carbocycles. The molecule has 104 valence electrons. The second kappa shape index (κ2) is 5.23. The Bertz CT molecular complexity index is 460. The van der Waals surface area contributed by atoms with Crippen LogP contribution in [0.1, 0.15) is 69.1 Å². The van der Waals surface area contributed by atoms with E-state index in [0.717, 1.165) is 23.7 Å². The summed E-state index contributed by atoms with van der Waals surface area (Å²) in [6.07, 6.45) is 11.5. The Morgan fingerprint density at radius 2 is 2.11 bits per heavy atom. The van der Waals surface area contributed by atoms with Gasteiger partial charge in [0, 0.05) is 0 Å². The summed E-state index contributed by atoms with van der Waals surface area (Å²) in [5.74, 6) is 3.40. The molecule has 0 bridgehead atoms. The summed E-state index contributed by atoms with van der Waals surface area (Å²) in [5.41, 5.74) is 4.84. The molecule has 0 aromatic heterocycles. The Kier molecular flexibility index (Phi) is 3.60. The highest BCUT2D eigenvalue weighted by atomic mass is 14.4. The molecule has 0 unspecified atom stereocenters. The molecule has 1 fully saturated rings. The van der Waals surface area contributed by atoms with Gasteiger partial charge in [-0.05, 0) is 24.2 Å². The van der Waals surface area contributed by atoms with Gasteiger partial charge in [-0.3, -0.25) is 0 Å². The normalized spacial score (nSPS) is 30.6. The highest BCUT2D eigenvalue weighted by Gasteiger charge is 2.30. The summed E-state index contributed by atoms with van der Waals surface area (Å²) in [7, 11) is 0. The number of rotatable bonds is 2. The summed E-state index contributed by atoms with van der Waals surface area (Å²) in [6.45, 7) is 7.27. The number of hydrogen-bond donors (Lipinski definition) is 0. The van der Waals surface area contributed by atoms with E-state index in [0.29, 0.717) is 0 Å². The monoisotopic (exact) mass is 255 g/mol. The van der Waals surface area contributed by atoms with Crippen LogP contribution in [-0.4, -0.2) is 0 Å². The average Bonchev–Trinajstić information content (AvgIpc) is 2.82. The van der Waals surface area contributed by atoms with E-state index < -0.39 is 0 Å². The molecular formula is C19H27-. The van der Waals surface area contributed by atoms with E-state index in [4.69, 9.17) is 0 Å². The Balaban J connectivity index is 1.94. The summed E-state index contributed by atoms with van der Waals surface area (Å²) < 4.78 is 0. The Hall–Kier alpha value is -0.910. The number of aryl methyl sites for hydroxylation is 1. The smallest absolute Gasteiger partial charge is 0.0409 e. The third-order valence-corrected chi connectivity index (χ3v) is 5.41. The SMILES string of the molecule is CC(C)[C@@H]1CC[C@@H](C)C[C@H]1c1cc[c-]2c1C=CCC2. The summed E-state index contributed by atoms with van der Waals surface area (Å²) in [6, 6.07) is 4.84. The first-order valence-corrected chi connectivity index (χ1v) is 8.11. The molecule has 0 spiro atoms. The molecule has 0 amide bonds. The molecule has 3 rings (SSSR count). The van der Waals surface area contributed by atoms with Crippen LogP contribution in [0.2, 0.25) is 0 Å². The van der Waals surface area contributed by atoms with Gasteiger partial charge in [0.15, 0.2) is 0 Å². The van der Waals surface area contributed by atoms with Gasteiger partial charge >= 0.3 is 0 Å². The molecule has 2 aliphatic carbocycles. The zero-order chi connectivity index (χ0) is 13.4. The molecule has 0 heteroatoms. The molecule has 0 radical (unpaired) electrons. The topological polar surface area (TPSA) is 0 Å². The Labute approximate surface area is 118 Å². The van der Waals surface area contributed by atoms with Gasteiger partial charge in [-0.15, -0.1) is 17.7 Å². The maximum atomic E-state index is 2.44. The van der Waals surface area contributed by atoms with Crippen LogP contribution in [0.15, 0.2) is 18.2 Å². The van der Waals surface area contributed by atoms with Gasteiger partial charge in [0.25, 0.3) is 0 Å². The zero-order valence-corrected chi connectivity index (χ0v) is 12.7. The average molecular weight is 255 g/mol. The van der Waals surface area contributed by atoms with Crippen LogP contribution in [0.5, 0.6) is 0 Å². The van der Waals surface area contributed by atoms with Crippen LogP contribution in [0.4, 0.5) is 0 Å². The van der Waals surface area contributed by atoms with E-state index in [9.17, 15) is 0 Å². The van der Waals surface area contributed by atoms with E-state index in [1.807, 2.05) is 0 Å². The molecule has 1 aromatic rings. The summed E-state index contributed by atoms with van der Waals surface area (Å²) in [5, 5.41) is 0. The molecule has 3 atom stereocenters. The maximum absolute atomic E-state index is 2.44. The molecule has 1 aromatic carbocycles. The minimum absolute atomic E-state index is 0.801. The largest absolute Gasteiger partial charge is 0.171 e. The highest BCUT2D eigenvalue weighted by Crippen LogP contribution is 2.46. The van der Waals surface area contributed by atoms with Crippen molar-refractivity contribution in [3.8, 4) is 0 Å². The van der Waals surface area contributed by atoms with E-state index in [-0.39, 0.29) is 0 Å². The van der Waals surface area contributed by atoms with Crippen LogP contribution < -0.4 is 0 Å². The van der Waals surface area contributed by atoms with Crippen molar-refractivity contribution < 1.29 is 0 Å². The van der Waals surface area contributed by atoms with Gasteiger partial charge in [-0.25, -0.2) is 0 Å². The van der Waals surface area contributed by atoms with Crippen molar-refractivity contribution in [2.75, 3.05) is 0 Å². The van der Waals surface area contributed by atoms with Gasteiger partial charge in [0.05, 0.1) is 0 Å². The minimum atomic E-state index is 0.801. The number of hydrogen-bond acceptors (Lipinski definition) is 0. The second-order valence-corrected chi connectivity index (χ2v) is 7.10. The predicted molar refractivity (Wildman–Crippen MR) is 83.5 cm³/mol. The minimum Gasteiger partial charge on any atom is -0.171 e.